The second-order valence-electron chi connectivity index (χ2n) is 8.42. The average molecular weight is 531 g/mol. The van der Waals surface area contributed by atoms with Crippen LogP contribution in [0.25, 0.3) is 0 Å². The molecular weight excluding hydrogens is 504 g/mol. The number of nitrogens with zero attached hydrogens (tertiary/aromatic N) is 4. The van der Waals surface area contributed by atoms with Gasteiger partial charge in [0, 0.05) is 28.7 Å². The summed E-state index contributed by atoms with van der Waals surface area (Å²) in [4.78, 5) is 22.1. The molecule has 1 unspecified atom stereocenters. The lowest BCUT2D eigenvalue weighted by Crippen LogP contribution is -2.22. The van der Waals surface area contributed by atoms with Crippen molar-refractivity contribution in [1.82, 2.24) is 19.7 Å². The molecule has 0 bridgehead atoms. The van der Waals surface area contributed by atoms with Crippen molar-refractivity contribution in [3.63, 3.8) is 0 Å². The van der Waals surface area contributed by atoms with Crippen molar-refractivity contribution in [3.8, 4) is 0 Å². The van der Waals surface area contributed by atoms with Crippen molar-refractivity contribution in [2.24, 2.45) is 11.1 Å². The highest BCUT2D eigenvalue weighted by Crippen LogP contribution is 2.29. The highest BCUT2D eigenvalue weighted by atomic mass is 32.2. The predicted octanol–water partition coefficient (Wildman–Crippen LogP) is 2.00. The summed E-state index contributed by atoms with van der Waals surface area (Å²) in [5.41, 5.74) is 1.41. The van der Waals surface area contributed by atoms with Gasteiger partial charge in [0.05, 0.1) is 29.5 Å². The van der Waals surface area contributed by atoms with Crippen LogP contribution in [0.5, 0.6) is 0 Å². The summed E-state index contributed by atoms with van der Waals surface area (Å²) >= 11 is 0. The zero-order valence-electron chi connectivity index (χ0n) is 19.3. The molecule has 1 aromatic carbocycles. The second-order valence-corrected chi connectivity index (χ2v) is 11.0. The summed E-state index contributed by atoms with van der Waals surface area (Å²) in [6.45, 7) is 3.98. The maximum absolute atomic E-state index is 13.2. The van der Waals surface area contributed by atoms with Gasteiger partial charge in [0.25, 0.3) is 0 Å². The Morgan fingerprint density at radius 2 is 2.17 bits per heavy atom. The van der Waals surface area contributed by atoms with Gasteiger partial charge in [-0.05, 0) is 48.9 Å². The number of nitrogens with two attached hydrogens (primary N) is 1. The number of anilines is 1. The summed E-state index contributed by atoms with van der Waals surface area (Å²) in [5, 5.41) is 14.0. The molecule has 0 saturated heterocycles. The number of aromatic nitrogens is 4. The summed E-state index contributed by atoms with van der Waals surface area (Å²) in [6, 6.07) is 8.91. The van der Waals surface area contributed by atoms with Crippen LogP contribution < -0.4 is 10.5 Å². The molecule has 1 saturated carbocycles. The zero-order chi connectivity index (χ0) is 25.7. The average Bonchev–Trinajstić information content (AvgIpc) is 3.51. The number of hydrogen-bond acceptors (Lipinski definition) is 9. The Bertz CT molecular complexity index is 1390. The number of hydrogen-bond donors (Lipinski definition) is 2. The minimum atomic E-state index is -3.97. The fourth-order valence-electron chi connectivity index (χ4n) is 4.11. The van der Waals surface area contributed by atoms with Gasteiger partial charge in [-0.15, -0.1) is 0 Å². The first kappa shape index (κ1) is 25.8. The molecular formula is C23H26N6O5S2. The topological polar surface area (TPSA) is 159 Å². The minimum absolute atomic E-state index is 0.00789. The van der Waals surface area contributed by atoms with Crippen LogP contribution in [-0.4, -0.2) is 50.8 Å². The fourth-order valence-corrected chi connectivity index (χ4v) is 5.17. The Morgan fingerprint density at radius 1 is 1.33 bits per heavy atom. The number of nitrogens with one attached hydrogen (secondary N) is 1. The largest absolute Gasteiger partial charge is 0.367 e. The Kier molecular flexibility index (Phi) is 8.04. The number of benzene rings is 1. The van der Waals surface area contributed by atoms with Crippen LogP contribution in [0.2, 0.25) is 0 Å². The molecule has 1 fully saturated rings. The van der Waals surface area contributed by atoms with Gasteiger partial charge in [-0.25, -0.2) is 19.3 Å². The highest BCUT2D eigenvalue weighted by Gasteiger charge is 2.28. The van der Waals surface area contributed by atoms with E-state index in [2.05, 4.69) is 27.0 Å². The summed E-state index contributed by atoms with van der Waals surface area (Å²) < 4.78 is 40.4. The van der Waals surface area contributed by atoms with Crippen molar-refractivity contribution in [2.75, 3.05) is 11.9 Å². The van der Waals surface area contributed by atoms with E-state index >= 15 is 0 Å². The molecule has 2 aromatic heterocycles. The SMILES string of the molecule is C=CS(=O)c1cccc(Cn2ccc(C(=O)c3cncnc3N[C@H]3CC[C@@H](COS(N)(=O)=O)C3)n2)c1. The summed E-state index contributed by atoms with van der Waals surface area (Å²) in [7, 11) is -5.25. The molecule has 36 heavy (non-hydrogen) atoms. The molecule has 0 radical (unpaired) electrons. The number of ketones is 1. The van der Waals surface area contributed by atoms with E-state index in [0.29, 0.717) is 23.7 Å². The summed E-state index contributed by atoms with van der Waals surface area (Å²) in [5.74, 6) is 0.0903. The van der Waals surface area contributed by atoms with E-state index in [9.17, 15) is 17.4 Å². The lowest BCUT2D eigenvalue weighted by molar-refractivity contribution is 0.103. The molecule has 1 aliphatic rings. The van der Waals surface area contributed by atoms with Crippen LogP contribution in [0.4, 0.5) is 5.82 Å². The molecule has 0 amide bonds. The third-order valence-corrected chi connectivity index (χ3v) is 7.29. The Labute approximate surface area is 211 Å². The first-order chi connectivity index (χ1) is 17.2. The molecule has 0 spiro atoms. The fraction of sp³-hybridized carbons (Fsp3) is 0.304. The van der Waals surface area contributed by atoms with Gasteiger partial charge >= 0.3 is 10.3 Å². The van der Waals surface area contributed by atoms with Crippen LogP contribution in [0.1, 0.15) is 40.9 Å². The number of carbonyl (C=O) groups excluding carboxylic acids is 1. The minimum Gasteiger partial charge on any atom is -0.367 e. The Hall–Kier alpha value is -3.26. The van der Waals surface area contributed by atoms with E-state index in [0.717, 1.165) is 18.4 Å². The normalized spacial score (nSPS) is 18.6. The van der Waals surface area contributed by atoms with Crippen molar-refractivity contribution in [3.05, 3.63) is 77.9 Å². The van der Waals surface area contributed by atoms with Gasteiger partial charge < -0.3 is 5.32 Å². The lowest BCUT2D eigenvalue weighted by Gasteiger charge is -2.15. The van der Waals surface area contributed by atoms with Crippen molar-refractivity contribution >= 4 is 32.7 Å². The van der Waals surface area contributed by atoms with Gasteiger partial charge in [-0.1, -0.05) is 18.7 Å². The molecule has 3 aromatic rings. The Morgan fingerprint density at radius 3 is 2.94 bits per heavy atom. The van der Waals surface area contributed by atoms with E-state index in [-0.39, 0.29) is 35.6 Å². The number of carbonyl (C=O) groups is 1. The van der Waals surface area contributed by atoms with Gasteiger partial charge in [0.2, 0.25) is 5.78 Å². The molecule has 13 heteroatoms. The van der Waals surface area contributed by atoms with Crippen molar-refractivity contribution in [2.45, 2.75) is 36.7 Å². The molecule has 11 nitrogen and oxygen atoms in total. The smallest absolute Gasteiger partial charge is 0.333 e. The third-order valence-electron chi connectivity index (χ3n) is 5.81. The van der Waals surface area contributed by atoms with E-state index in [4.69, 9.17) is 9.32 Å². The van der Waals surface area contributed by atoms with Crippen LogP contribution >= 0.6 is 0 Å². The molecule has 2 heterocycles. The molecule has 4 rings (SSSR count). The van der Waals surface area contributed by atoms with Gasteiger partial charge in [-0.3, -0.25) is 13.7 Å². The molecule has 3 N–H and O–H groups in total. The monoisotopic (exact) mass is 530 g/mol. The highest BCUT2D eigenvalue weighted by molar-refractivity contribution is 7.88. The number of rotatable bonds is 11. The molecule has 190 valence electrons. The standard InChI is InChI=1S/C23H26N6O5S2/c1-2-35(31)19-5-3-4-16(11-19)13-29-9-8-21(28-29)22(30)20-12-25-15-26-23(20)27-18-7-6-17(10-18)14-34-36(24,32)33/h2-5,8-9,11-12,15,17-18H,1,6-7,10,13-14H2,(H2,24,32,33)(H,25,26,27)/t17-,18+,35?/m1/s1. The molecule has 3 atom stereocenters. The first-order valence-corrected chi connectivity index (χ1v) is 13.8. The molecule has 1 aliphatic carbocycles. The quantitative estimate of drug-likeness (QED) is 0.354. The summed E-state index contributed by atoms with van der Waals surface area (Å²) in [6.07, 6.45) is 6.68. The first-order valence-electron chi connectivity index (χ1n) is 11.2. The van der Waals surface area contributed by atoms with Crippen LogP contribution in [-0.2, 0) is 31.8 Å². The maximum Gasteiger partial charge on any atom is 0.333 e. The van der Waals surface area contributed by atoms with Gasteiger partial charge in [-0.2, -0.15) is 13.5 Å². The van der Waals surface area contributed by atoms with E-state index in [1.807, 2.05) is 18.2 Å². The van der Waals surface area contributed by atoms with Crippen molar-refractivity contribution in [1.29, 1.82) is 0 Å². The Balaban J connectivity index is 1.43. The van der Waals surface area contributed by atoms with E-state index in [1.165, 1.54) is 17.9 Å². The van der Waals surface area contributed by atoms with E-state index in [1.54, 1.807) is 23.0 Å². The van der Waals surface area contributed by atoms with Crippen LogP contribution in [0, 0.1) is 5.92 Å². The van der Waals surface area contributed by atoms with Crippen molar-refractivity contribution < 1.29 is 21.6 Å². The maximum atomic E-state index is 13.2. The second kappa shape index (κ2) is 11.2. The predicted molar refractivity (Wildman–Crippen MR) is 134 cm³/mol. The zero-order valence-corrected chi connectivity index (χ0v) is 21.0. The van der Waals surface area contributed by atoms with Crippen LogP contribution in [0.15, 0.2) is 65.9 Å². The van der Waals surface area contributed by atoms with Crippen LogP contribution in [0.3, 0.4) is 0 Å². The molecule has 0 aliphatic heterocycles. The lowest BCUT2D eigenvalue weighted by atomic mass is 10.1. The van der Waals surface area contributed by atoms with Gasteiger partial charge in [0.15, 0.2) is 0 Å². The third kappa shape index (κ3) is 6.69. The van der Waals surface area contributed by atoms with E-state index < -0.39 is 21.1 Å². The van der Waals surface area contributed by atoms with Gasteiger partial charge in [0.1, 0.15) is 17.8 Å².